The van der Waals surface area contributed by atoms with Gasteiger partial charge < -0.3 is 14.7 Å². The number of aromatic nitrogens is 1. The van der Waals surface area contributed by atoms with Crippen molar-refractivity contribution in [3.05, 3.63) is 107 Å². The zero-order chi connectivity index (χ0) is 29.6. The highest BCUT2D eigenvalue weighted by atomic mass is 35.5. The summed E-state index contributed by atoms with van der Waals surface area (Å²) < 4.78 is 33.8. The van der Waals surface area contributed by atoms with Gasteiger partial charge in [0.15, 0.2) is 0 Å². The molecular formula is C30H28ClN3O6S. The van der Waals surface area contributed by atoms with Gasteiger partial charge in [0.25, 0.3) is 10.0 Å². The molecule has 0 radical (unpaired) electrons. The number of ketones is 1. The predicted molar refractivity (Wildman–Crippen MR) is 158 cm³/mol. The molecule has 9 nitrogen and oxygen atoms in total. The molecule has 1 aromatic heterocycles. The SMILES string of the molecule is CCCCOc1ccc(S(=O)(=O)Nc2ccc(C(=O)c3ccc(N(C)c4ccc(Cl)cc4)cn3)cc2C(=O)O)cc1. The predicted octanol–water partition coefficient (Wildman–Crippen LogP) is 6.41. The van der Waals surface area contributed by atoms with Crippen LogP contribution in [0.5, 0.6) is 5.75 Å². The average Bonchev–Trinajstić information content (AvgIpc) is 2.97. The van der Waals surface area contributed by atoms with Gasteiger partial charge in [-0.1, -0.05) is 24.9 Å². The Hall–Kier alpha value is -4.41. The fraction of sp³-hybridized carbons (Fsp3) is 0.167. The maximum Gasteiger partial charge on any atom is 0.337 e. The third-order valence-electron chi connectivity index (χ3n) is 6.24. The zero-order valence-corrected chi connectivity index (χ0v) is 23.9. The molecule has 3 aromatic carbocycles. The molecule has 0 fully saturated rings. The number of pyridine rings is 1. The van der Waals surface area contributed by atoms with Gasteiger partial charge in [0.2, 0.25) is 5.78 Å². The van der Waals surface area contributed by atoms with Crippen molar-refractivity contribution in [3.63, 3.8) is 0 Å². The highest BCUT2D eigenvalue weighted by molar-refractivity contribution is 7.92. The van der Waals surface area contributed by atoms with E-state index >= 15 is 0 Å². The monoisotopic (exact) mass is 593 g/mol. The van der Waals surface area contributed by atoms with Gasteiger partial charge in [-0.05, 0) is 85.3 Å². The minimum atomic E-state index is -4.11. The summed E-state index contributed by atoms with van der Waals surface area (Å²) in [5, 5.41) is 10.4. The molecule has 0 saturated heterocycles. The first kappa shape index (κ1) is 29.6. The van der Waals surface area contributed by atoms with E-state index in [0.29, 0.717) is 17.4 Å². The van der Waals surface area contributed by atoms with E-state index in [1.165, 1.54) is 48.7 Å². The van der Waals surface area contributed by atoms with Crippen LogP contribution in [-0.4, -0.2) is 43.9 Å². The number of hydrogen-bond donors (Lipinski definition) is 2. The van der Waals surface area contributed by atoms with Crippen LogP contribution >= 0.6 is 11.6 Å². The van der Waals surface area contributed by atoms with Crippen molar-refractivity contribution in [1.82, 2.24) is 4.98 Å². The first-order valence-electron chi connectivity index (χ1n) is 12.7. The van der Waals surface area contributed by atoms with Crippen LogP contribution in [0.2, 0.25) is 5.02 Å². The van der Waals surface area contributed by atoms with Crippen molar-refractivity contribution in [2.75, 3.05) is 23.3 Å². The van der Waals surface area contributed by atoms with Crippen molar-refractivity contribution in [2.24, 2.45) is 0 Å². The van der Waals surface area contributed by atoms with Gasteiger partial charge >= 0.3 is 5.97 Å². The summed E-state index contributed by atoms with van der Waals surface area (Å²) >= 11 is 5.96. The van der Waals surface area contributed by atoms with Gasteiger partial charge in [-0.2, -0.15) is 0 Å². The number of halogens is 1. The van der Waals surface area contributed by atoms with Gasteiger partial charge in [0, 0.05) is 23.3 Å². The number of hydrogen-bond acceptors (Lipinski definition) is 7. The Morgan fingerprint density at radius 1 is 0.976 bits per heavy atom. The molecule has 2 N–H and O–H groups in total. The second-order valence-electron chi connectivity index (χ2n) is 9.11. The lowest BCUT2D eigenvalue weighted by atomic mass is 10.0. The van der Waals surface area contributed by atoms with Crippen LogP contribution in [0.15, 0.2) is 90.0 Å². The molecule has 0 unspecified atom stereocenters. The lowest BCUT2D eigenvalue weighted by molar-refractivity contribution is 0.0698. The van der Waals surface area contributed by atoms with Crippen LogP contribution in [0.3, 0.4) is 0 Å². The van der Waals surface area contributed by atoms with E-state index in [1.54, 1.807) is 18.2 Å². The number of aromatic carboxylic acids is 1. The Balaban J connectivity index is 1.52. The molecule has 4 aromatic rings. The van der Waals surface area contributed by atoms with E-state index in [1.807, 2.05) is 31.0 Å². The van der Waals surface area contributed by atoms with Crippen molar-refractivity contribution < 1.29 is 27.9 Å². The van der Waals surface area contributed by atoms with E-state index in [2.05, 4.69) is 9.71 Å². The van der Waals surface area contributed by atoms with E-state index in [-0.39, 0.29) is 27.4 Å². The van der Waals surface area contributed by atoms with Crippen LogP contribution in [-0.2, 0) is 10.0 Å². The lowest BCUT2D eigenvalue weighted by Crippen LogP contribution is -2.16. The molecule has 1 heterocycles. The number of carboxylic acids is 1. The Bertz CT molecular complexity index is 1640. The summed E-state index contributed by atoms with van der Waals surface area (Å²) in [5.74, 6) is -1.38. The molecule has 0 aliphatic rings. The topological polar surface area (TPSA) is 126 Å². The summed E-state index contributed by atoms with van der Waals surface area (Å²) in [6.07, 6.45) is 3.38. The third-order valence-corrected chi connectivity index (χ3v) is 7.87. The molecule has 0 spiro atoms. The van der Waals surface area contributed by atoms with Gasteiger partial charge in [-0.15, -0.1) is 0 Å². The Kier molecular flexibility index (Phi) is 9.26. The van der Waals surface area contributed by atoms with Gasteiger partial charge in [0.05, 0.1) is 34.6 Å². The maximum absolute atomic E-state index is 13.1. The molecule has 0 amide bonds. The first-order chi connectivity index (χ1) is 19.6. The number of ether oxygens (including phenoxy) is 1. The highest BCUT2D eigenvalue weighted by Crippen LogP contribution is 2.27. The number of anilines is 3. The lowest BCUT2D eigenvalue weighted by Gasteiger charge is -2.19. The number of nitrogens with zero attached hydrogens (tertiary/aromatic N) is 2. The van der Waals surface area contributed by atoms with Gasteiger partial charge in [0.1, 0.15) is 11.4 Å². The van der Waals surface area contributed by atoms with E-state index in [0.717, 1.165) is 30.3 Å². The van der Waals surface area contributed by atoms with Crippen LogP contribution < -0.4 is 14.4 Å². The minimum absolute atomic E-state index is 0.0465. The highest BCUT2D eigenvalue weighted by Gasteiger charge is 2.21. The third kappa shape index (κ3) is 7.22. The molecule has 0 aliphatic heterocycles. The second-order valence-corrected chi connectivity index (χ2v) is 11.2. The number of carbonyl (C=O) groups excluding carboxylic acids is 1. The van der Waals surface area contributed by atoms with E-state index < -0.39 is 21.8 Å². The van der Waals surface area contributed by atoms with Gasteiger partial charge in [-0.3, -0.25) is 14.5 Å². The average molecular weight is 594 g/mol. The summed E-state index contributed by atoms with van der Waals surface area (Å²) in [6.45, 7) is 2.56. The molecule has 0 atom stereocenters. The molecule has 11 heteroatoms. The van der Waals surface area contributed by atoms with Crippen LogP contribution in [0.4, 0.5) is 17.1 Å². The maximum atomic E-state index is 13.1. The molecule has 212 valence electrons. The molecule has 0 bridgehead atoms. The number of nitrogens with one attached hydrogen (secondary N) is 1. The van der Waals surface area contributed by atoms with Gasteiger partial charge in [-0.25, -0.2) is 13.2 Å². The molecule has 41 heavy (non-hydrogen) atoms. The Labute approximate surface area is 243 Å². The smallest absolute Gasteiger partial charge is 0.337 e. The quantitative estimate of drug-likeness (QED) is 0.142. The number of unbranched alkanes of at least 4 members (excludes halogenated alkanes) is 1. The van der Waals surface area contributed by atoms with Crippen molar-refractivity contribution >= 4 is 50.4 Å². The van der Waals surface area contributed by atoms with E-state index in [9.17, 15) is 23.1 Å². The van der Waals surface area contributed by atoms with Crippen molar-refractivity contribution in [1.29, 1.82) is 0 Å². The number of carbonyl (C=O) groups is 2. The van der Waals surface area contributed by atoms with E-state index in [4.69, 9.17) is 16.3 Å². The normalized spacial score (nSPS) is 11.1. The Morgan fingerprint density at radius 3 is 2.27 bits per heavy atom. The summed E-state index contributed by atoms with van der Waals surface area (Å²) in [6, 6.07) is 20.0. The number of carboxylic acid groups (broad SMARTS) is 1. The van der Waals surface area contributed by atoms with Crippen LogP contribution in [0.25, 0.3) is 0 Å². The largest absolute Gasteiger partial charge is 0.494 e. The summed E-state index contributed by atoms with van der Waals surface area (Å²) in [5.41, 5.74) is 1.19. The van der Waals surface area contributed by atoms with Crippen LogP contribution in [0, 0.1) is 0 Å². The number of rotatable bonds is 12. The number of benzene rings is 3. The Morgan fingerprint density at radius 2 is 1.66 bits per heavy atom. The fourth-order valence-electron chi connectivity index (χ4n) is 3.88. The zero-order valence-electron chi connectivity index (χ0n) is 22.4. The molecule has 4 rings (SSSR count). The first-order valence-corrected chi connectivity index (χ1v) is 14.6. The minimum Gasteiger partial charge on any atom is -0.494 e. The fourth-order valence-corrected chi connectivity index (χ4v) is 5.09. The molecule has 0 aliphatic carbocycles. The van der Waals surface area contributed by atoms with Crippen molar-refractivity contribution in [2.45, 2.75) is 24.7 Å². The second kappa shape index (κ2) is 12.8. The number of sulfonamides is 1. The molecule has 0 saturated carbocycles. The summed E-state index contributed by atoms with van der Waals surface area (Å²) in [4.78, 5) is 31.2. The standard InChI is InChI=1S/C30H28ClN3O6S/c1-3-4-17-40-24-11-13-25(14-12-24)41(38,39)33-27-15-5-20(18-26(27)30(36)37)29(35)28-16-10-23(19-32-28)34(2)22-8-6-21(31)7-9-22/h5-16,18-19,33H,3-4,17H2,1-2H3,(H,36,37). The van der Waals surface area contributed by atoms with Crippen molar-refractivity contribution in [3.8, 4) is 5.75 Å². The van der Waals surface area contributed by atoms with Crippen LogP contribution in [0.1, 0.15) is 46.2 Å². The molecular weight excluding hydrogens is 566 g/mol. The summed E-state index contributed by atoms with van der Waals surface area (Å²) in [7, 11) is -2.27.